The molecule has 1 aromatic rings. The van der Waals surface area contributed by atoms with Gasteiger partial charge in [-0.05, 0) is 40.8 Å². The summed E-state index contributed by atoms with van der Waals surface area (Å²) in [6, 6.07) is 4.62. The summed E-state index contributed by atoms with van der Waals surface area (Å²) in [5.41, 5.74) is 5.45. The quantitative estimate of drug-likeness (QED) is 0.542. The molecule has 1 aromatic carbocycles. The molecule has 0 unspecified atom stereocenters. The summed E-state index contributed by atoms with van der Waals surface area (Å²) < 4.78 is 13.3. The van der Waals surface area contributed by atoms with E-state index in [0.717, 1.165) is 3.57 Å². The van der Waals surface area contributed by atoms with E-state index in [-0.39, 0.29) is 11.5 Å². The second kappa shape index (κ2) is 2.51. The van der Waals surface area contributed by atoms with Gasteiger partial charge in [-0.1, -0.05) is 0 Å². The molecule has 0 atom stereocenters. The lowest BCUT2D eigenvalue weighted by Gasteiger charge is -1.94. The molecule has 0 aliphatic rings. The van der Waals surface area contributed by atoms with Crippen LogP contribution >= 0.6 is 22.6 Å². The van der Waals surface area contributed by atoms with Gasteiger partial charge in [0.25, 0.3) is 0 Å². The van der Waals surface area contributed by atoms with Gasteiger partial charge in [0, 0.05) is 3.57 Å². The Kier molecular flexibility index (Phi) is 1.90. The van der Waals surface area contributed by atoms with E-state index in [1.165, 1.54) is 6.07 Å². The third-order valence-corrected chi connectivity index (χ3v) is 1.63. The first-order valence-corrected chi connectivity index (χ1v) is 3.48. The zero-order valence-corrected chi connectivity index (χ0v) is 6.72. The molecular formula is C6H5FIN. The van der Waals surface area contributed by atoms with Gasteiger partial charge in [-0.2, -0.15) is 0 Å². The largest absolute Gasteiger partial charge is 0.396 e. The van der Waals surface area contributed by atoms with Crippen molar-refractivity contribution in [1.82, 2.24) is 0 Å². The Morgan fingerprint density at radius 1 is 1.44 bits per heavy atom. The van der Waals surface area contributed by atoms with Crippen LogP contribution in [0, 0.1) is 9.39 Å². The topological polar surface area (TPSA) is 26.0 Å². The maximum absolute atomic E-state index is 12.4. The molecule has 1 rings (SSSR count). The molecule has 3 heteroatoms. The fourth-order valence-corrected chi connectivity index (χ4v) is 1.03. The standard InChI is InChI=1S/C6H5FIN/c7-5-2-1-4(8)3-6(5)9/h1-3H,9H2. The summed E-state index contributed by atoms with van der Waals surface area (Å²) in [5, 5.41) is 0. The van der Waals surface area contributed by atoms with Crippen LogP contribution in [0.3, 0.4) is 0 Å². The van der Waals surface area contributed by atoms with Crippen molar-refractivity contribution < 1.29 is 4.39 Å². The first-order chi connectivity index (χ1) is 4.20. The molecule has 0 heterocycles. The molecule has 48 valence electrons. The molecule has 0 bridgehead atoms. The van der Waals surface area contributed by atoms with E-state index in [4.69, 9.17) is 5.73 Å². The molecule has 0 aromatic heterocycles. The van der Waals surface area contributed by atoms with Crippen LogP contribution in [0.15, 0.2) is 18.2 Å². The van der Waals surface area contributed by atoms with E-state index in [1.54, 1.807) is 12.1 Å². The highest BCUT2D eigenvalue weighted by molar-refractivity contribution is 14.1. The molecule has 0 radical (unpaired) electrons. The Labute approximate surface area is 66.2 Å². The van der Waals surface area contributed by atoms with Crippen molar-refractivity contribution in [1.29, 1.82) is 0 Å². The van der Waals surface area contributed by atoms with Gasteiger partial charge in [-0.25, -0.2) is 4.39 Å². The third-order valence-electron chi connectivity index (χ3n) is 0.958. The van der Waals surface area contributed by atoms with Crippen molar-refractivity contribution in [2.45, 2.75) is 0 Å². The molecule has 0 amide bonds. The van der Waals surface area contributed by atoms with Crippen LogP contribution in [0.5, 0.6) is 0 Å². The van der Waals surface area contributed by atoms with Crippen LogP contribution in [-0.2, 0) is 0 Å². The Morgan fingerprint density at radius 3 is 2.56 bits per heavy atom. The number of hydrogen-bond donors (Lipinski definition) is 1. The van der Waals surface area contributed by atoms with Crippen molar-refractivity contribution in [3.63, 3.8) is 0 Å². The highest BCUT2D eigenvalue weighted by atomic mass is 127. The predicted octanol–water partition coefficient (Wildman–Crippen LogP) is 2.01. The van der Waals surface area contributed by atoms with E-state index >= 15 is 0 Å². The highest BCUT2D eigenvalue weighted by Crippen LogP contribution is 2.12. The van der Waals surface area contributed by atoms with Crippen molar-refractivity contribution in [2.75, 3.05) is 5.73 Å². The fourth-order valence-electron chi connectivity index (χ4n) is 0.515. The summed E-state index contributed by atoms with van der Waals surface area (Å²) in [6.45, 7) is 0. The number of nitrogens with two attached hydrogens (primary N) is 1. The maximum atomic E-state index is 12.4. The van der Waals surface area contributed by atoms with E-state index in [2.05, 4.69) is 22.6 Å². The molecule has 0 saturated carbocycles. The molecule has 9 heavy (non-hydrogen) atoms. The molecule has 0 aliphatic carbocycles. The lowest BCUT2D eigenvalue weighted by Crippen LogP contribution is -1.89. The van der Waals surface area contributed by atoms with Crippen LogP contribution in [0.25, 0.3) is 0 Å². The number of rotatable bonds is 0. The van der Waals surface area contributed by atoms with Gasteiger partial charge in [0.05, 0.1) is 5.69 Å². The van der Waals surface area contributed by atoms with E-state index in [1.807, 2.05) is 0 Å². The lowest BCUT2D eigenvalue weighted by atomic mass is 10.3. The summed E-state index contributed by atoms with van der Waals surface area (Å²) in [4.78, 5) is 0. The molecule has 0 fully saturated rings. The first kappa shape index (κ1) is 6.80. The third kappa shape index (κ3) is 1.54. The van der Waals surface area contributed by atoms with Gasteiger partial charge in [0.15, 0.2) is 0 Å². The van der Waals surface area contributed by atoms with Gasteiger partial charge in [-0.3, -0.25) is 0 Å². The molecule has 0 spiro atoms. The maximum Gasteiger partial charge on any atom is 0.146 e. The SMILES string of the molecule is Nc1cc(I)ccc1F. The molecular weight excluding hydrogens is 232 g/mol. The number of hydrogen-bond acceptors (Lipinski definition) is 1. The average Bonchev–Trinajstić information content (AvgIpc) is 1.80. The summed E-state index contributed by atoms with van der Waals surface area (Å²) >= 11 is 2.08. The highest BCUT2D eigenvalue weighted by Gasteiger charge is 1.94. The fraction of sp³-hybridized carbons (Fsp3) is 0. The second-order valence-electron chi connectivity index (χ2n) is 1.67. The van der Waals surface area contributed by atoms with Crippen LogP contribution in [0.4, 0.5) is 10.1 Å². The van der Waals surface area contributed by atoms with Crippen LogP contribution in [-0.4, -0.2) is 0 Å². The normalized spacial score (nSPS) is 9.56. The minimum Gasteiger partial charge on any atom is -0.396 e. The van der Waals surface area contributed by atoms with Gasteiger partial charge in [0.1, 0.15) is 5.82 Å². The average molecular weight is 237 g/mol. The number of benzene rings is 1. The number of anilines is 1. The van der Waals surface area contributed by atoms with Crippen molar-refractivity contribution in [2.24, 2.45) is 0 Å². The van der Waals surface area contributed by atoms with Gasteiger partial charge >= 0.3 is 0 Å². The summed E-state index contributed by atoms with van der Waals surface area (Å²) in [7, 11) is 0. The second-order valence-corrected chi connectivity index (χ2v) is 2.91. The van der Waals surface area contributed by atoms with Gasteiger partial charge in [0.2, 0.25) is 0 Å². The first-order valence-electron chi connectivity index (χ1n) is 2.40. The minimum atomic E-state index is -0.351. The Bertz CT molecular complexity index is 224. The number of halogens is 2. The Balaban J connectivity index is 3.17. The molecule has 1 nitrogen and oxygen atoms in total. The van der Waals surface area contributed by atoms with Gasteiger partial charge in [-0.15, -0.1) is 0 Å². The van der Waals surface area contributed by atoms with Crippen molar-refractivity contribution in [3.8, 4) is 0 Å². The van der Waals surface area contributed by atoms with E-state index in [0.29, 0.717) is 0 Å². The minimum absolute atomic E-state index is 0.210. The predicted molar refractivity (Wildman–Crippen MR) is 43.5 cm³/mol. The van der Waals surface area contributed by atoms with Crippen molar-refractivity contribution in [3.05, 3.63) is 27.6 Å². The number of nitrogen functional groups attached to an aromatic ring is 1. The van der Waals surface area contributed by atoms with E-state index in [9.17, 15) is 4.39 Å². The van der Waals surface area contributed by atoms with Crippen LogP contribution in [0.1, 0.15) is 0 Å². The van der Waals surface area contributed by atoms with Crippen LogP contribution in [0.2, 0.25) is 0 Å². The molecule has 0 aliphatic heterocycles. The van der Waals surface area contributed by atoms with Gasteiger partial charge < -0.3 is 5.73 Å². The lowest BCUT2D eigenvalue weighted by molar-refractivity contribution is 0.632. The van der Waals surface area contributed by atoms with Crippen molar-refractivity contribution >= 4 is 28.3 Å². The van der Waals surface area contributed by atoms with Crippen LogP contribution < -0.4 is 5.73 Å². The molecule has 2 N–H and O–H groups in total. The summed E-state index contributed by atoms with van der Waals surface area (Å²) in [6.07, 6.45) is 0. The monoisotopic (exact) mass is 237 g/mol. The summed E-state index contributed by atoms with van der Waals surface area (Å²) in [5.74, 6) is -0.351. The zero-order chi connectivity index (χ0) is 6.85. The Hall–Kier alpha value is -0.320. The zero-order valence-electron chi connectivity index (χ0n) is 4.57. The van der Waals surface area contributed by atoms with E-state index < -0.39 is 0 Å². The molecule has 0 saturated heterocycles. The Morgan fingerprint density at radius 2 is 2.11 bits per heavy atom. The smallest absolute Gasteiger partial charge is 0.146 e.